The second-order valence-corrected chi connectivity index (χ2v) is 11.6. The molecule has 0 fully saturated rings. The molecule has 226 valence electrons. The lowest BCUT2D eigenvalue weighted by Gasteiger charge is -2.27. The summed E-state index contributed by atoms with van der Waals surface area (Å²) in [4.78, 5) is 13.1. The van der Waals surface area contributed by atoms with Crippen LogP contribution in [0.2, 0.25) is 5.02 Å². The number of ether oxygens (including phenoxy) is 4. The van der Waals surface area contributed by atoms with Crippen LogP contribution in [0.1, 0.15) is 45.7 Å². The smallest absolute Gasteiger partial charge is 0.379 e. The van der Waals surface area contributed by atoms with Crippen molar-refractivity contribution >= 4 is 44.5 Å². The van der Waals surface area contributed by atoms with Crippen LogP contribution in [0.25, 0.3) is 11.0 Å². The van der Waals surface area contributed by atoms with Gasteiger partial charge in [0.1, 0.15) is 35.3 Å². The Hall–Kier alpha value is -4.91. The van der Waals surface area contributed by atoms with E-state index >= 15 is 0 Å². The third-order valence-electron chi connectivity index (χ3n) is 7.43. The molecule has 5 aromatic rings. The molecule has 6 rings (SSSR count). The molecule has 1 unspecified atom stereocenters. The van der Waals surface area contributed by atoms with E-state index in [4.69, 9.17) is 40.7 Å². The van der Waals surface area contributed by atoms with Crippen LogP contribution >= 0.6 is 27.5 Å². The van der Waals surface area contributed by atoms with Crippen molar-refractivity contribution in [2.24, 2.45) is 5.73 Å². The Morgan fingerprint density at radius 2 is 1.87 bits per heavy atom. The molecule has 2 N–H and O–H groups in total. The summed E-state index contributed by atoms with van der Waals surface area (Å²) < 4.78 is 30.2. The quantitative estimate of drug-likeness (QED) is 0.128. The van der Waals surface area contributed by atoms with Gasteiger partial charge in [-0.3, -0.25) is 0 Å². The average Bonchev–Trinajstić information content (AvgIpc) is 3.36. The minimum absolute atomic E-state index is 0.0470. The first-order valence-corrected chi connectivity index (χ1v) is 15.2. The number of nitrogens with two attached hydrogens (primary N) is 1. The molecular formula is C35H26BrClN2O6. The van der Waals surface area contributed by atoms with Crippen LogP contribution in [-0.2, 0) is 6.61 Å². The Kier molecular flexibility index (Phi) is 8.44. The summed E-state index contributed by atoms with van der Waals surface area (Å²) >= 11 is 9.75. The molecule has 0 saturated carbocycles. The molecule has 1 aromatic heterocycles. The van der Waals surface area contributed by atoms with Crippen molar-refractivity contribution in [2.75, 3.05) is 6.61 Å². The monoisotopic (exact) mass is 684 g/mol. The number of hydrogen-bond acceptors (Lipinski definition) is 8. The summed E-state index contributed by atoms with van der Waals surface area (Å²) in [5.74, 6) is 0.441. The maximum Gasteiger partial charge on any atom is 0.379 e. The van der Waals surface area contributed by atoms with Gasteiger partial charge in [-0.05, 0) is 61.9 Å². The molecule has 0 radical (unpaired) electrons. The standard InChI is InChI=1S/C35H26BrClN2O6/c1-3-41-31-14-20(8-12-29(31)42-18-21-6-4-5-7-27(21)37)32-24-11-10-23(16-30(24)45-34(39)26(32)17-38)43-35(40)33-19(2)25-15-22(36)9-13-28(25)44-33/h4-16,32H,3,18,39H2,1-2H3. The first-order chi connectivity index (χ1) is 21.8. The number of aryl methyl sites for hydroxylation is 1. The number of benzene rings is 4. The van der Waals surface area contributed by atoms with Crippen molar-refractivity contribution < 1.29 is 28.2 Å². The summed E-state index contributed by atoms with van der Waals surface area (Å²) in [5, 5.41) is 11.5. The van der Waals surface area contributed by atoms with E-state index in [1.165, 1.54) is 0 Å². The van der Waals surface area contributed by atoms with E-state index in [1.54, 1.807) is 43.3 Å². The van der Waals surface area contributed by atoms with Gasteiger partial charge in [-0.15, -0.1) is 0 Å². The Labute approximate surface area is 272 Å². The maximum atomic E-state index is 13.1. The fourth-order valence-electron chi connectivity index (χ4n) is 5.25. The molecule has 2 heterocycles. The van der Waals surface area contributed by atoms with Gasteiger partial charge in [-0.2, -0.15) is 5.26 Å². The number of nitriles is 1. The SMILES string of the molecule is CCOc1cc(C2C(C#N)=C(N)Oc3cc(OC(=O)c4oc5ccc(Br)cc5c4C)ccc32)ccc1OCc1ccccc1Cl. The second-order valence-electron chi connectivity index (χ2n) is 10.2. The van der Waals surface area contributed by atoms with Crippen LogP contribution in [0.5, 0.6) is 23.0 Å². The number of furan rings is 1. The van der Waals surface area contributed by atoms with E-state index in [0.717, 1.165) is 21.0 Å². The number of carbonyl (C=O) groups excluding carboxylic acids is 1. The highest BCUT2D eigenvalue weighted by Crippen LogP contribution is 2.45. The van der Waals surface area contributed by atoms with Crippen LogP contribution in [-0.4, -0.2) is 12.6 Å². The number of fused-ring (bicyclic) bond motifs is 2. The molecule has 4 aromatic carbocycles. The van der Waals surface area contributed by atoms with Gasteiger partial charge in [-0.1, -0.05) is 57.9 Å². The molecular weight excluding hydrogens is 660 g/mol. The fraction of sp³-hybridized carbons (Fsp3) is 0.143. The maximum absolute atomic E-state index is 13.1. The van der Waals surface area contributed by atoms with E-state index in [2.05, 4.69) is 22.0 Å². The third-order valence-corrected chi connectivity index (χ3v) is 8.29. The summed E-state index contributed by atoms with van der Waals surface area (Å²) in [5.41, 5.74) is 9.97. The van der Waals surface area contributed by atoms with Gasteiger partial charge in [0.15, 0.2) is 11.5 Å². The van der Waals surface area contributed by atoms with Crippen molar-refractivity contribution in [1.29, 1.82) is 5.26 Å². The van der Waals surface area contributed by atoms with E-state index in [-0.39, 0.29) is 29.6 Å². The average molecular weight is 686 g/mol. The second kappa shape index (κ2) is 12.6. The number of rotatable bonds is 8. The summed E-state index contributed by atoms with van der Waals surface area (Å²) in [7, 11) is 0. The Bertz CT molecular complexity index is 2030. The topological polar surface area (TPSA) is 117 Å². The molecule has 10 heteroatoms. The van der Waals surface area contributed by atoms with Crippen molar-refractivity contribution in [2.45, 2.75) is 26.4 Å². The summed E-state index contributed by atoms with van der Waals surface area (Å²) in [6, 6.07) is 25.6. The molecule has 0 saturated heterocycles. The Morgan fingerprint density at radius 3 is 2.64 bits per heavy atom. The highest BCUT2D eigenvalue weighted by Gasteiger charge is 2.32. The predicted molar refractivity (Wildman–Crippen MR) is 173 cm³/mol. The number of hydrogen-bond donors (Lipinski definition) is 1. The molecule has 0 amide bonds. The number of allylic oxidation sites excluding steroid dienone is 1. The zero-order valence-electron chi connectivity index (χ0n) is 24.2. The van der Waals surface area contributed by atoms with Crippen molar-refractivity contribution in [3.63, 3.8) is 0 Å². The molecule has 8 nitrogen and oxygen atoms in total. The zero-order valence-corrected chi connectivity index (χ0v) is 26.6. The minimum Gasteiger partial charge on any atom is -0.490 e. The first-order valence-electron chi connectivity index (χ1n) is 14.0. The lowest BCUT2D eigenvalue weighted by atomic mass is 9.83. The van der Waals surface area contributed by atoms with Crippen LogP contribution in [0.15, 0.2) is 99.2 Å². The van der Waals surface area contributed by atoms with Gasteiger partial charge >= 0.3 is 5.97 Å². The van der Waals surface area contributed by atoms with Gasteiger partial charge in [0.05, 0.1) is 12.5 Å². The Morgan fingerprint density at radius 1 is 1.04 bits per heavy atom. The van der Waals surface area contributed by atoms with Gasteiger partial charge in [0.2, 0.25) is 11.6 Å². The van der Waals surface area contributed by atoms with E-state index < -0.39 is 11.9 Å². The van der Waals surface area contributed by atoms with E-state index in [0.29, 0.717) is 45.6 Å². The largest absolute Gasteiger partial charge is 0.490 e. The number of carbonyl (C=O) groups is 1. The predicted octanol–water partition coefficient (Wildman–Crippen LogP) is 8.57. The van der Waals surface area contributed by atoms with Crippen LogP contribution < -0.4 is 24.7 Å². The van der Waals surface area contributed by atoms with Crippen molar-refractivity contribution in [3.05, 3.63) is 128 Å². The van der Waals surface area contributed by atoms with Gasteiger partial charge in [0.25, 0.3) is 0 Å². The minimum atomic E-state index is -0.651. The molecule has 1 atom stereocenters. The summed E-state index contributed by atoms with van der Waals surface area (Å²) in [6.07, 6.45) is 0. The van der Waals surface area contributed by atoms with Crippen LogP contribution in [0.4, 0.5) is 0 Å². The zero-order chi connectivity index (χ0) is 31.7. The lowest BCUT2D eigenvalue weighted by Crippen LogP contribution is -2.21. The number of halogens is 2. The number of esters is 1. The lowest BCUT2D eigenvalue weighted by molar-refractivity contribution is 0.0702. The summed E-state index contributed by atoms with van der Waals surface area (Å²) in [6.45, 7) is 4.33. The third kappa shape index (κ3) is 5.95. The van der Waals surface area contributed by atoms with Crippen molar-refractivity contribution in [1.82, 2.24) is 0 Å². The normalized spacial score (nSPS) is 14.0. The molecule has 1 aliphatic heterocycles. The first kappa shape index (κ1) is 30.1. The highest BCUT2D eigenvalue weighted by atomic mass is 79.9. The fourth-order valence-corrected chi connectivity index (χ4v) is 5.80. The van der Waals surface area contributed by atoms with E-state index in [1.807, 2.05) is 49.4 Å². The molecule has 0 aliphatic carbocycles. The van der Waals surface area contributed by atoms with Gasteiger partial charge in [-0.25, -0.2) is 4.79 Å². The molecule has 45 heavy (non-hydrogen) atoms. The van der Waals surface area contributed by atoms with Gasteiger partial charge < -0.3 is 29.1 Å². The molecule has 0 bridgehead atoms. The number of nitrogens with zero attached hydrogens (tertiary/aromatic N) is 1. The molecule has 0 spiro atoms. The molecule has 1 aliphatic rings. The van der Waals surface area contributed by atoms with Crippen LogP contribution in [0, 0.1) is 18.3 Å². The van der Waals surface area contributed by atoms with Crippen molar-refractivity contribution in [3.8, 4) is 29.1 Å². The highest BCUT2D eigenvalue weighted by molar-refractivity contribution is 9.10. The van der Waals surface area contributed by atoms with Gasteiger partial charge in [0, 0.05) is 37.6 Å². The van der Waals surface area contributed by atoms with E-state index in [9.17, 15) is 10.1 Å². The Balaban J connectivity index is 1.30. The van der Waals surface area contributed by atoms with Crippen LogP contribution in [0.3, 0.4) is 0 Å².